The summed E-state index contributed by atoms with van der Waals surface area (Å²) in [5, 5.41) is 26.8. The summed E-state index contributed by atoms with van der Waals surface area (Å²) in [6.45, 7) is 7.46. The van der Waals surface area contributed by atoms with Crippen LogP contribution in [0.25, 0.3) is 0 Å². The number of unbranched alkanes of at least 4 members (excludes halogenated alkanes) is 12. The van der Waals surface area contributed by atoms with Crippen LogP contribution in [0.5, 0.6) is 11.5 Å². The number of phenols is 2. The molecule has 0 spiro atoms. The predicted molar refractivity (Wildman–Crippen MR) is 157 cm³/mol. The largest absolute Gasteiger partial charge is 0.508 e. The monoisotopic (exact) mass is 512 g/mol. The molecule has 0 aliphatic carbocycles. The molecule has 0 radical (unpaired) electrons. The van der Waals surface area contributed by atoms with E-state index in [1.807, 2.05) is 36.4 Å². The van der Waals surface area contributed by atoms with E-state index in [0.717, 1.165) is 30.0 Å². The lowest BCUT2D eigenvalue weighted by Crippen LogP contribution is -1.87. The smallest absolute Gasteiger partial charge is 0.327 e. The number of carboxylic acid groups (broad SMARTS) is 1. The van der Waals surface area contributed by atoms with Crippen molar-refractivity contribution in [3.63, 3.8) is 0 Å². The summed E-state index contributed by atoms with van der Waals surface area (Å²) in [6, 6.07) is 15.3. The highest BCUT2D eigenvalue weighted by Crippen LogP contribution is 2.20. The van der Waals surface area contributed by atoms with Crippen LogP contribution in [0.4, 0.5) is 0 Å². The van der Waals surface area contributed by atoms with Crippen LogP contribution in [-0.2, 0) is 17.6 Å². The minimum absolute atomic E-state index is 0.452. The van der Waals surface area contributed by atoms with Crippen molar-refractivity contribution >= 4 is 5.97 Å². The molecule has 0 saturated carbocycles. The Kier molecular flexibility index (Phi) is 23.1. The minimum atomic E-state index is -0.981. The predicted octanol–water partition coefficient (Wildman–Crippen LogP) is 9.63. The molecule has 0 saturated heterocycles. The van der Waals surface area contributed by atoms with Gasteiger partial charge in [-0.25, -0.2) is 4.79 Å². The molecular weight excluding hydrogens is 460 g/mol. The third-order valence-corrected chi connectivity index (χ3v) is 6.26. The molecule has 4 heteroatoms. The summed E-state index contributed by atoms with van der Waals surface area (Å²) in [5.41, 5.74) is 2.19. The van der Waals surface area contributed by atoms with E-state index >= 15 is 0 Å². The summed E-state index contributed by atoms with van der Waals surface area (Å²) >= 11 is 0. The second-order valence-electron chi connectivity index (χ2n) is 9.54. The van der Waals surface area contributed by atoms with Crippen molar-refractivity contribution in [3.05, 3.63) is 72.3 Å². The molecule has 3 N–H and O–H groups in total. The van der Waals surface area contributed by atoms with Crippen molar-refractivity contribution in [1.29, 1.82) is 0 Å². The van der Waals surface area contributed by atoms with E-state index in [9.17, 15) is 15.0 Å². The van der Waals surface area contributed by atoms with E-state index in [-0.39, 0.29) is 0 Å². The molecule has 2 rings (SSSR count). The van der Waals surface area contributed by atoms with Gasteiger partial charge in [-0.15, -0.1) is 0 Å². The Hall–Kier alpha value is -2.75. The fourth-order valence-corrected chi connectivity index (χ4v) is 3.99. The molecule has 0 unspecified atom stereocenters. The van der Waals surface area contributed by atoms with Gasteiger partial charge in [-0.1, -0.05) is 134 Å². The SMILES string of the molecule is C=CC(=O)O.CCCCCCCCCc1ccccc1O.CCCCCCCCCc1ccccc1O. The fraction of sp³-hybridized carbons (Fsp3) is 0.545. The van der Waals surface area contributed by atoms with Crippen LogP contribution in [0.2, 0.25) is 0 Å². The molecule has 0 aliphatic heterocycles. The van der Waals surface area contributed by atoms with Gasteiger partial charge in [0.15, 0.2) is 0 Å². The standard InChI is InChI=1S/2C15H24O.C3H4O2/c2*1-2-3-4-5-6-7-8-11-14-12-9-10-13-15(14)16;1-2-3(4)5/h2*9-10,12-13,16H,2-8,11H2,1H3;2H,1H2,(H,4,5). The first-order valence-electron chi connectivity index (χ1n) is 14.3. The minimum Gasteiger partial charge on any atom is -0.508 e. The second kappa shape index (κ2) is 24.9. The van der Waals surface area contributed by atoms with Crippen molar-refractivity contribution in [2.24, 2.45) is 0 Å². The zero-order valence-corrected chi connectivity index (χ0v) is 23.5. The summed E-state index contributed by atoms with van der Waals surface area (Å²) in [5.74, 6) is -0.0769. The number of aromatic hydroxyl groups is 2. The highest BCUT2D eigenvalue weighted by molar-refractivity contribution is 5.78. The third kappa shape index (κ3) is 21.1. The molecular formula is C33H52O4. The summed E-state index contributed by atoms with van der Waals surface area (Å²) in [7, 11) is 0. The number of hydrogen-bond acceptors (Lipinski definition) is 3. The number of phenolic OH excluding ortho intramolecular Hbond substituents is 2. The number of carbonyl (C=O) groups is 1. The van der Waals surface area contributed by atoms with Crippen LogP contribution >= 0.6 is 0 Å². The lowest BCUT2D eigenvalue weighted by atomic mass is 10.0. The highest BCUT2D eigenvalue weighted by Gasteiger charge is 2.00. The summed E-state index contributed by atoms with van der Waals surface area (Å²) < 4.78 is 0. The van der Waals surface area contributed by atoms with Gasteiger partial charge < -0.3 is 15.3 Å². The van der Waals surface area contributed by atoms with Crippen LogP contribution < -0.4 is 0 Å². The van der Waals surface area contributed by atoms with E-state index in [1.165, 1.54) is 89.9 Å². The van der Waals surface area contributed by atoms with Crippen molar-refractivity contribution in [2.45, 2.75) is 117 Å². The molecule has 2 aromatic rings. The average molecular weight is 513 g/mol. The molecule has 0 amide bonds. The highest BCUT2D eigenvalue weighted by atomic mass is 16.4. The Morgan fingerprint density at radius 2 is 0.919 bits per heavy atom. The second-order valence-corrected chi connectivity index (χ2v) is 9.54. The third-order valence-electron chi connectivity index (χ3n) is 6.26. The first-order chi connectivity index (χ1) is 18.0. The molecule has 2 aromatic carbocycles. The maximum Gasteiger partial charge on any atom is 0.327 e. The Bertz CT molecular complexity index is 756. The normalized spacial score (nSPS) is 10.0. The molecule has 0 fully saturated rings. The van der Waals surface area contributed by atoms with Gasteiger partial charge in [0.2, 0.25) is 0 Å². The number of carboxylic acids is 1. The molecule has 4 nitrogen and oxygen atoms in total. The van der Waals surface area contributed by atoms with Gasteiger partial charge in [-0.2, -0.15) is 0 Å². The average Bonchev–Trinajstić information content (AvgIpc) is 2.90. The molecule has 0 atom stereocenters. The van der Waals surface area contributed by atoms with Gasteiger partial charge in [-0.05, 0) is 48.9 Å². The zero-order valence-electron chi connectivity index (χ0n) is 23.5. The number of benzene rings is 2. The Morgan fingerprint density at radius 3 is 1.22 bits per heavy atom. The van der Waals surface area contributed by atoms with E-state index < -0.39 is 5.97 Å². The lowest BCUT2D eigenvalue weighted by molar-refractivity contribution is -0.131. The van der Waals surface area contributed by atoms with Crippen LogP contribution in [0.15, 0.2) is 61.2 Å². The number of rotatable bonds is 17. The Labute approximate surface area is 226 Å². The number of aliphatic carboxylic acids is 1. The van der Waals surface area contributed by atoms with Crippen LogP contribution in [0, 0.1) is 0 Å². The van der Waals surface area contributed by atoms with Gasteiger partial charge in [0.05, 0.1) is 0 Å². The van der Waals surface area contributed by atoms with Crippen molar-refractivity contribution in [3.8, 4) is 11.5 Å². The quantitative estimate of drug-likeness (QED) is 0.146. The van der Waals surface area contributed by atoms with Crippen LogP contribution in [-0.4, -0.2) is 21.3 Å². The zero-order chi connectivity index (χ0) is 27.6. The molecule has 208 valence electrons. The van der Waals surface area contributed by atoms with Crippen molar-refractivity contribution < 1.29 is 20.1 Å². The van der Waals surface area contributed by atoms with Crippen LogP contribution in [0.3, 0.4) is 0 Å². The number of hydrogen-bond donors (Lipinski definition) is 3. The maximum absolute atomic E-state index is 9.58. The molecule has 0 aliphatic rings. The molecule has 0 heterocycles. The number of aryl methyl sites for hydroxylation is 2. The maximum atomic E-state index is 9.58. The first kappa shape index (κ1) is 34.2. The Morgan fingerprint density at radius 1 is 0.622 bits per heavy atom. The van der Waals surface area contributed by atoms with Gasteiger partial charge in [-0.3, -0.25) is 0 Å². The van der Waals surface area contributed by atoms with Gasteiger partial charge in [0, 0.05) is 6.08 Å². The summed E-state index contributed by atoms with van der Waals surface area (Å²) in [4.78, 5) is 9.25. The summed E-state index contributed by atoms with van der Waals surface area (Å²) in [6.07, 6.45) is 21.4. The van der Waals surface area contributed by atoms with Gasteiger partial charge in [0.1, 0.15) is 11.5 Å². The first-order valence-corrected chi connectivity index (χ1v) is 14.3. The van der Waals surface area contributed by atoms with E-state index in [1.54, 1.807) is 12.1 Å². The Balaban J connectivity index is 0.000000594. The molecule has 0 aromatic heterocycles. The lowest BCUT2D eigenvalue weighted by Gasteiger charge is -2.04. The van der Waals surface area contributed by atoms with E-state index in [4.69, 9.17) is 5.11 Å². The van der Waals surface area contributed by atoms with E-state index in [0.29, 0.717) is 11.5 Å². The van der Waals surface area contributed by atoms with Crippen LogP contribution in [0.1, 0.15) is 115 Å². The fourth-order valence-electron chi connectivity index (χ4n) is 3.99. The van der Waals surface area contributed by atoms with Crippen molar-refractivity contribution in [1.82, 2.24) is 0 Å². The van der Waals surface area contributed by atoms with Crippen molar-refractivity contribution in [2.75, 3.05) is 0 Å². The topological polar surface area (TPSA) is 77.8 Å². The van der Waals surface area contributed by atoms with Gasteiger partial charge in [0.25, 0.3) is 0 Å². The van der Waals surface area contributed by atoms with Gasteiger partial charge >= 0.3 is 5.97 Å². The number of para-hydroxylation sites is 2. The molecule has 0 bridgehead atoms. The molecule has 37 heavy (non-hydrogen) atoms. The van der Waals surface area contributed by atoms with E-state index in [2.05, 4.69) is 20.4 Å².